The Morgan fingerprint density at radius 1 is 1.04 bits per heavy atom. The van der Waals surface area contributed by atoms with E-state index in [4.69, 9.17) is 14.2 Å². The molecule has 0 aliphatic heterocycles. The van der Waals surface area contributed by atoms with Gasteiger partial charge in [-0.2, -0.15) is 0 Å². The van der Waals surface area contributed by atoms with Crippen molar-refractivity contribution >= 4 is 17.3 Å². The lowest BCUT2D eigenvalue weighted by atomic mass is 10.2. The Kier molecular flexibility index (Phi) is 5.30. The molecule has 0 aliphatic carbocycles. The Morgan fingerprint density at radius 2 is 1.80 bits per heavy atom. The number of aromatic nitrogens is 1. The Labute approximate surface area is 149 Å². The highest BCUT2D eigenvalue weighted by Gasteiger charge is 2.11. The van der Waals surface area contributed by atoms with E-state index in [2.05, 4.69) is 4.98 Å². The number of hydrogen-bond acceptors (Lipinski definition) is 6. The maximum absolute atomic E-state index is 12.0. The van der Waals surface area contributed by atoms with Crippen LogP contribution in [0.5, 0.6) is 11.5 Å². The molecule has 5 nitrogen and oxygen atoms in total. The van der Waals surface area contributed by atoms with Gasteiger partial charge in [0.05, 0.1) is 25.5 Å². The molecule has 0 saturated heterocycles. The fraction of sp³-hybridized carbons (Fsp3) is 0.158. The van der Waals surface area contributed by atoms with Crippen LogP contribution in [0, 0.1) is 0 Å². The molecule has 3 rings (SSSR count). The number of nitrogens with zero attached hydrogens (tertiary/aromatic N) is 1. The minimum atomic E-state index is -0.360. The monoisotopic (exact) mass is 355 g/mol. The van der Waals surface area contributed by atoms with Crippen LogP contribution in [0.3, 0.4) is 0 Å². The predicted molar refractivity (Wildman–Crippen MR) is 96.2 cm³/mol. The van der Waals surface area contributed by atoms with Gasteiger partial charge in [-0.1, -0.05) is 18.2 Å². The van der Waals surface area contributed by atoms with Crippen LogP contribution in [0.15, 0.2) is 53.9 Å². The van der Waals surface area contributed by atoms with Crippen molar-refractivity contribution in [3.05, 3.63) is 65.2 Å². The van der Waals surface area contributed by atoms with Gasteiger partial charge in [0.25, 0.3) is 0 Å². The molecule has 0 saturated carbocycles. The number of ether oxygens (including phenoxy) is 3. The molecular weight excluding hydrogens is 338 g/mol. The van der Waals surface area contributed by atoms with E-state index in [0.29, 0.717) is 22.8 Å². The number of benzene rings is 2. The minimum absolute atomic E-state index is 0.136. The number of rotatable bonds is 6. The van der Waals surface area contributed by atoms with Gasteiger partial charge in [0.2, 0.25) is 0 Å². The average Bonchev–Trinajstić information content (AvgIpc) is 3.15. The molecule has 0 spiro atoms. The number of hydrogen-bond donors (Lipinski definition) is 0. The molecule has 0 atom stereocenters. The van der Waals surface area contributed by atoms with Gasteiger partial charge in [0.1, 0.15) is 11.6 Å². The number of esters is 1. The number of carbonyl (C=O) groups is 1. The summed E-state index contributed by atoms with van der Waals surface area (Å²) in [4.78, 5) is 16.5. The molecule has 1 aromatic heterocycles. The topological polar surface area (TPSA) is 57.7 Å². The first kappa shape index (κ1) is 17.0. The van der Waals surface area contributed by atoms with E-state index in [9.17, 15) is 4.79 Å². The summed E-state index contributed by atoms with van der Waals surface area (Å²) < 4.78 is 15.9. The third-order valence-electron chi connectivity index (χ3n) is 3.54. The molecule has 0 fully saturated rings. The summed E-state index contributed by atoms with van der Waals surface area (Å²) in [6.07, 6.45) is 0. The second-order valence-electron chi connectivity index (χ2n) is 5.16. The molecule has 128 valence electrons. The van der Waals surface area contributed by atoms with E-state index in [1.165, 1.54) is 11.3 Å². The maximum Gasteiger partial charge on any atom is 0.338 e. The Balaban J connectivity index is 1.69. The van der Waals surface area contributed by atoms with Crippen LogP contribution in [0.2, 0.25) is 0 Å². The van der Waals surface area contributed by atoms with Gasteiger partial charge >= 0.3 is 5.97 Å². The molecule has 0 N–H and O–H groups in total. The highest BCUT2D eigenvalue weighted by atomic mass is 32.1. The third kappa shape index (κ3) is 3.97. The minimum Gasteiger partial charge on any atom is -0.493 e. The number of carbonyl (C=O) groups excluding carboxylic acids is 1. The van der Waals surface area contributed by atoms with Gasteiger partial charge in [0.15, 0.2) is 11.5 Å². The highest BCUT2D eigenvalue weighted by molar-refractivity contribution is 7.13. The predicted octanol–water partition coefficient (Wildman–Crippen LogP) is 4.18. The van der Waals surface area contributed by atoms with Gasteiger partial charge in [-0.3, -0.25) is 0 Å². The van der Waals surface area contributed by atoms with Crippen LogP contribution in [0.4, 0.5) is 0 Å². The molecule has 3 aromatic rings. The average molecular weight is 355 g/mol. The van der Waals surface area contributed by atoms with Gasteiger partial charge in [0, 0.05) is 10.9 Å². The van der Waals surface area contributed by atoms with Crippen LogP contribution in [0.1, 0.15) is 16.1 Å². The molecule has 0 bridgehead atoms. The van der Waals surface area contributed by atoms with Gasteiger partial charge < -0.3 is 14.2 Å². The lowest BCUT2D eigenvalue weighted by Crippen LogP contribution is -2.05. The van der Waals surface area contributed by atoms with Crippen LogP contribution < -0.4 is 9.47 Å². The van der Waals surface area contributed by atoms with E-state index >= 15 is 0 Å². The van der Waals surface area contributed by atoms with E-state index < -0.39 is 0 Å². The largest absolute Gasteiger partial charge is 0.493 e. The normalized spacial score (nSPS) is 10.3. The van der Waals surface area contributed by atoms with Crippen molar-refractivity contribution in [2.45, 2.75) is 6.61 Å². The first-order valence-corrected chi connectivity index (χ1v) is 8.48. The summed E-state index contributed by atoms with van der Waals surface area (Å²) in [5.74, 6) is 0.952. The summed E-state index contributed by atoms with van der Waals surface area (Å²) in [6.45, 7) is 0.136. The van der Waals surface area contributed by atoms with E-state index in [0.717, 1.165) is 10.6 Å². The molecule has 1 heterocycles. The summed E-state index contributed by atoms with van der Waals surface area (Å²) >= 11 is 1.48. The summed E-state index contributed by atoms with van der Waals surface area (Å²) in [5, 5.41) is 2.70. The molecule has 0 unspecified atom stereocenters. The van der Waals surface area contributed by atoms with Crippen molar-refractivity contribution in [2.75, 3.05) is 14.2 Å². The van der Waals surface area contributed by atoms with Crippen LogP contribution in [-0.4, -0.2) is 25.2 Å². The molecule has 0 aliphatic rings. The zero-order chi connectivity index (χ0) is 17.6. The quantitative estimate of drug-likeness (QED) is 0.621. The third-order valence-corrected chi connectivity index (χ3v) is 4.48. The van der Waals surface area contributed by atoms with E-state index in [-0.39, 0.29) is 12.6 Å². The van der Waals surface area contributed by atoms with E-state index in [1.54, 1.807) is 38.5 Å². The van der Waals surface area contributed by atoms with Gasteiger partial charge in [-0.15, -0.1) is 11.3 Å². The number of thiazole rings is 1. The lowest BCUT2D eigenvalue weighted by molar-refractivity contribution is 0.0468. The van der Waals surface area contributed by atoms with E-state index in [1.807, 2.05) is 29.6 Å². The first-order chi connectivity index (χ1) is 12.2. The molecule has 25 heavy (non-hydrogen) atoms. The van der Waals surface area contributed by atoms with Gasteiger partial charge in [-0.05, 0) is 30.3 Å². The Hall–Kier alpha value is -2.86. The fourth-order valence-electron chi connectivity index (χ4n) is 2.27. The molecular formula is C19H17NO4S. The van der Waals surface area contributed by atoms with Crippen molar-refractivity contribution in [1.82, 2.24) is 4.98 Å². The van der Waals surface area contributed by atoms with Gasteiger partial charge in [-0.25, -0.2) is 9.78 Å². The smallest absolute Gasteiger partial charge is 0.338 e. The molecule has 0 amide bonds. The first-order valence-electron chi connectivity index (χ1n) is 7.60. The molecule has 6 heteroatoms. The lowest BCUT2D eigenvalue weighted by Gasteiger charge is -2.08. The highest BCUT2D eigenvalue weighted by Crippen LogP contribution is 2.33. The van der Waals surface area contributed by atoms with Crippen LogP contribution in [-0.2, 0) is 11.3 Å². The van der Waals surface area contributed by atoms with Crippen molar-refractivity contribution in [3.8, 4) is 22.1 Å². The summed E-state index contributed by atoms with van der Waals surface area (Å²) in [6, 6.07) is 14.5. The zero-order valence-corrected chi connectivity index (χ0v) is 14.7. The van der Waals surface area contributed by atoms with Crippen molar-refractivity contribution in [2.24, 2.45) is 0 Å². The maximum atomic E-state index is 12.0. The second-order valence-corrected chi connectivity index (χ2v) is 6.01. The zero-order valence-electron chi connectivity index (χ0n) is 13.9. The molecule has 0 radical (unpaired) electrons. The summed E-state index contributed by atoms with van der Waals surface area (Å²) in [5.41, 5.74) is 2.15. The summed E-state index contributed by atoms with van der Waals surface area (Å²) in [7, 11) is 3.19. The Morgan fingerprint density at radius 3 is 2.52 bits per heavy atom. The van der Waals surface area contributed by atoms with Crippen LogP contribution >= 0.6 is 11.3 Å². The number of methoxy groups -OCH3 is 2. The van der Waals surface area contributed by atoms with Crippen LogP contribution in [0.25, 0.3) is 10.6 Å². The van der Waals surface area contributed by atoms with Crippen molar-refractivity contribution in [3.63, 3.8) is 0 Å². The Bertz CT molecular complexity index is 861. The molecule has 2 aromatic carbocycles. The fourth-order valence-corrected chi connectivity index (χ4v) is 3.07. The second kappa shape index (κ2) is 7.81. The van der Waals surface area contributed by atoms with Crippen molar-refractivity contribution < 1.29 is 19.0 Å². The standard InChI is InChI=1S/C19H17NO4S/c1-22-16-9-8-14(10-17(16)23-2)18-20-15(12-25-18)11-24-19(21)13-6-4-3-5-7-13/h3-10,12H,11H2,1-2H3. The van der Waals surface area contributed by atoms with Crippen molar-refractivity contribution in [1.29, 1.82) is 0 Å². The SMILES string of the molecule is COc1ccc(-c2nc(COC(=O)c3ccccc3)cs2)cc1OC.